The van der Waals surface area contributed by atoms with Gasteiger partial charge in [-0.05, 0) is 5.56 Å². The van der Waals surface area contributed by atoms with Crippen LogP contribution in [0.3, 0.4) is 0 Å². The molecule has 138 valence electrons. The molecular weight excluding hydrogens is 386 g/mol. The molecule has 1 amide bonds. The number of aromatic nitrogens is 2. The molecule has 0 unspecified atom stereocenters. The Balaban J connectivity index is 0.00000364. The van der Waals surface area contributed by atoms with E-state index in [0.29, 0.717) is 5.69 Å². The summed E-state index contributed by atoms with van der Waals surface area (Å²) in [5, 5.41) is 24.5. The van der Waals surface area contributed by atoms with E-state index in [1.807, 2.05) is 6.07 Å². The monoisotopic (exact) mass is 404 g/mol. The van der Waals surface area contributed by atoms with Gasteiger partial charge in [-0.25, -0.2) is 4.98 Å². The Hall–Kier alpha value is -1.20. The minimum absolute atomic E-state index is 0. The molecular formula is C17H18N4Na2O5. The second-order valence-electron chi connectivity index (χ2n) is 5.72. The number of aromatic amines is 1. The van der Waals surface area contributed by atoms with Crippen LogP contribution in [-0.4, -0.2) is 51.8 Å². The second kappa shape index (κ2) is 13.9. The van der Waals surface area contributed by atoms with Crippen LogP contribution < -0.4 is 74.6 Å². The number of amides is 1. The number of carboxylic acid groups (broad SMARTS) is 2. The number of carbonyl (C=O) groups excluding carboxylic acids is 3. The van der Waals surface area contributed by atoms with Gasteiger partial charge in [0.05, 0.1) is 30.9 Å². The molecule has 11 heteroatoms. The summed E-state index contributed by atoms with van der Waals surface area (Å²) in [7, 11) is 0. The summed E-state index contributed by atoms with van der Waals surface area (Å²) in [6.07, 6.45) is 2.82. The number of aliphatic carboxylic acids is 2. The molecule has 2 N–H and O–H groups in total. The Kier molecular flexibility index (Phi) is 13.3. The predicted octanol–water partition coefficient (Wildman–Crippen LogP) is -8.55. The summed E-state index contributed by atoms with van der Waals surface area (Å²) in [6.45, 7) is -0.548. The van der Waals surface area contributed by atoms with E-state index in [4.69, 9.17) is 0 Å². The van der Waals surface area contributed by atoms with Crippen LogP contribution in [0.2, 0.25) is 0 Å². The maximum Gasteiger partial charge on any atom is 1.00 e. The predicted molar refractivity (Wildman–Crippen MR) is 86.0 cm³/mol. The Morgan fingerprint density at radius 3 is 2.32 bits per heavy atom. The summed E-state index contributed by atoms with van der Waals surface area (Å²) in [5.74, 6) is -3.40. The molecule has 1 aromatic heterocycles. The van der Waals surface area contributed by atoms with Crippen molar-refractivity contribution in [1.82, 2.24) is 20.2 Å². The van der Waals surface area contributed by atoms with E-state index < -0.39 is 30.4 Å². The quantitative estimate of drug-likeness (QED) is 0.375. The number of imidazole rings is 1. The molecule has 2 rings (SSSR count). The maximum atomic E-state index is 12.2. The minimum Gasteiger partial charge on any atom is -0.549 e. The molecule has 1 atom stereocenters. The first-order valence-corrected chi connectivity index (χ1v) is 7.87. The van der Waals surface area contributed by atoms with Gasteiger partial charge in [0.2, 0.25) is 5.91 Å². The number of H-pyrrole nitrogens is 1. The van der Waals surface area contributed by atoms with E-state index in [-0.39, 0.29) is 78.6 Å². The van der Waals surface area contributed by atoms with Gasteiger partial charge >= 0.3 is 59.1 Å². The number of hydrogen-bond donors (Lipinski definition) is 2. The summed E-state index contributed by atoms with van der Waals surface area (Å²) < 4.78 is 0. The number of nitrogens with zero attached hydrogens (tertiary/aromatic N) is 2. The fraction of sp³-hybridized carbons (Fsp3) is 0.294. The number of nitrogens with one attached hydrogen (secondary N) is 2. The van der Waals surface area contributed by atoms with Gasteiger partial charge in [-0.15, -0.1) is 0 Å². The van der Waals surface area contributed by atoms with Gasteiger partial charge in [-0.2, -0.15) is 0 Å². The number of benzene rings is 1. The zero-order valence-corrected chi connectivity index (χ0v) is 19.9. The van der Waals surface area contributed by atoms with Crippen LogP contribution in [-0.2, 0) is 27.3 Å². The Bertz CT molecular complexity index is 743. The zero-order chi connectivity index (χ0) is 18.9. The van der Waals surface area contributed by atoms with Crippen LogP contribution in [0.4, 0.5) is 0 Å². The fourth-order valence-corrected chi connectivity index (χ4v) is 2.44. The summed E-state index contributed by atoms with van der Waals surface area (Å²) in [4.78, 5) is 42.2. The molecule has 0 bridgehead atoms. The van der Waals surface area contributed by atoms with Gasteiger partial charge < -0.3 is 30.1 Å². The van der Waals surface area contributed by atoms with Crippen molar-refractivity contribution >= 4 is 17.8 Å². The van der Waals surface area contributed by atoms with E-state index in [1.54, 1.807) is 24.3 Å². The average molecular weight is 404 g/mol. The van der Waals surface area contributed by atoms with Crippen molar-refractivity contribution in [2.24, 2.45) is 0 Å². The van der Waals surface area contributed by atoms with E-state index in [2.05, 4.69) is 15.3 Å². The molecule has 0 aliphatic carbocycles. The third-order valence-electron chi connectivity index (χ3n) is 3.57. The van der Waals surface area contributed by atoms with Crippen LogP contribution in [0.1, 0.15) is 11.3 Å². The van der Waals surface area contributed by atoms with Crippen molar-refractivity contribution in [2.45, 2.75) is 19.0 Å². The van der Waals surface area contributed by atoms with Crippen LogP contribution in [0.5, 0.6) is 0 Å². The van der Waals surface area contributed by atoms with Gasteiger partial charge in [0.15, 0.2) is 0 Å². The third-order valence-corrected chi connectivity index (χ3v) is 3.57. The molecule has 0 spiro atoms. The van der Waals surface area contributed by atoms with Gasteiger partial charge in [0.25, 0.3) is 0 Å². The number of carboxylic acids is 2. The zero-order valence-electron chi connectivity index (χ0n) is 15.9. The van der Waals surface area contributed by atoms with Crippen LogP contribution in [0.25, 0.3) is 0 Å². The second-order valence-corrected chi connectivity index (χ2v) is 5.72. The molecule has 0 fully saturated rings. The van der Waals surface area contributed by atoms with Crippen molar-refractivity contribution in [2.75, 3.05) is 13.1 Å². The third kappa shape index (κ3) is 9.83. The number of carbonyl (C=O) groups is 3. The van der Waals surface area contributed by atoms with Crippen LogP contribution in [0, 0.1) is 0 Å². The summed E-state index contributed by atoms with van der Waals surface area (Å²) in [5.41, 5.74) is 1.34. The molecule has 1 aromatic carbocycles. The molecule has 0 aliphatic heterocycles. The molecule has 9 nitrogen and oxygen atoms in total. The first-order chi connectivity index (χ1) is 12.4. The molecule has 0 radical (unpaired) electrons. The van der Waals surface area contributed by atoms with Crippen LogP contribution in [0.15, 0.2) is 42.9 Å². The maximum absolute atomic E-state index is 12.2. The Labute approximate surface area is 206 Å². The van der Waals surface area contributed by atoms with E-state index in [1.165, 1.54) is 17.4 Å². The summed E-state index contributed by atoms with van der Waals surface area (Å²) >= 11 is 0. The van der Waals surface area contributed by atoms with Gasteiger partial charge in [0.1, 0.15) is 0 Å². The standard InChI is InChI=1S/C17H20N4O5.2Na/c22-15(20-14(17(25)26)6-13-7-18-11-19-13)9-21(10-16(23)24)8-12-4-2-1-3-5-12;;/h1-5,7,11,14H,6,8-10H2,(H,18,19)(H,20,22)(H,23,24)(H,25,26);;/q;2*+1/p-2/t14-;;/m0../s1. The van der Waals surface area contributed by atoms with Crippen molar-refractivity contribution in [3.05, 3.63) is 54.1 Å². The van der Waals surface area contributed by atoms with Crippen molar-refractivity contribution in [3.63, 3.8) is 0 Å². The van der Waals surface area contributed by atoms with Gasteiger partial charge in [0, 0.05) is 31.4 Å². The van der Waals surface area contributed by atoms with E-state index in [0.717, 1.165) is 5.56 Å². The number of rotatable bonds is 10. The minimum atomic E-state index is -1.44. The van der Waals surface area contributed by atoms with E-state index in [9.17, 15) is 24.6 Å². The van der Waals surface area contributed by atoms with Gasteiger partial charge in [-0.1, -0.05) is 30.3 Å². The SMILES string of the molecule is O=C([O-])CN(CC(=O)N[C@@H](Cc1cnc[nH]1)C(=O)[O-])Cc1ccccc1.[Na+].[Na+]. The molecule has 28 heavy (non-hydrogen) atoms. The smallest absolute Gasteiger partial charge is 0.549 e. The first-order valence-electron chi connectivity index (χ1n) is 7.87. The first kappa shape index (κ1) is 26.8. The summed E-state index contributed by atoms with van der Waals surface area (Å²) in [6, 6.07) is 7.74. The van der Waals surface area contributed by atoms with Crippen molar-refractivity contribution in [1.29, 1.82) is 0 Å². The Morgan fingerprint density at radius 1 is 1.11 bits per heavy atom. The fourth-order valence-electron chi connectivity index (χ4n) is 2.44. The van der Waals surface area contributed by atoms with Crippen molar-refractivity contribution in [3.8, 4) is 0 Å². The average Bonchev–Trinajstić information content (AvgIpc) is 3.07. The topological polar surface area (TPSA) is 141 Å². The molecule has 0 aliphatic rings. The van der Waals surface area contributed by atoms with Gasteiger partial charge in [-0.3, -0.25) is 9.69 Å². The van der Waals surface area contributed by atoms with Crippen molar-refractivity contribution < 1.29 is 83.7 Å². The molecule has 0 saturated heterocycles. The molecule has 0 saturated carbocycles. The van der Waals surface area contributed by atoms with E-state index >= 15 is 0 Å². The largest absolute Gasteiger partial charge is 1.00 e. The number of hydrogen-bond acceptors (Lipinski definition) is 7. The van der Waals surface area contributed by atoms with Crippen LogP contribution >= 0.6 is 0 Å². The normalized spacial score (nSPS) is 11.0. The molecule has 1 heterocycles. The molecule has 2 aromatic rings. The Morgan fingerprint density at radius 2 is 1.79 bits per heavy atom.